The van der Waals surface area contributed by atoms with E-state index in [9.17, 15) is 4.79 Å². The molecule has 0 aromatic rings. The summed E-state index contributed by atoms with van der Waals surface area (Å²) in [6, 6.07) is 0. The fraction of sp³-hybridized carbons (Fsp3) is 0.615. The van der Waals surface area contributed by atoms with Gasteiger partial charge in [-0.3, -0.25) is 4.79 Å². The van der Waals surface area contributed by atoms with E-state index >= 15 is 0 Å². The number of esters is 1. The number of allylic oxidation sites excluding steroid dienone is 3. The molecule has 0 atom stereocenters. The van der Waals surface area contributed by atoms with Crippen LogP contribution in [0.1, 0.15) is 44.9 Å². The van der Waals surface area contributed by atoms with E-state index in [-0.39, 0.29) is 5.97 Å². The number of hydrogen-bond donors (Lipinski definition) is 0. The van der Waals surface area contributed by atoms with Gasteiger partial charge in [-0.15, -0.1) is 6.58 Å². The maximum atomic E-state index is 10.8. The highest BCUT2D eigenvalue weighted by Gasteiger charge is 1.98. The average Bonchev–Trinajstić information content (AvgIpc) is 2.26. The molecule has 2 nitrogen and oxygen atoms in total. The number of unbranched alkanes of at least 4 members (excludes halogenated alkanes) is 4. The second-order valence-corrected chi connectivity index (χ2v) is 3.52. The number of hydrogen-bond acceptors (Lipinski definition) is 2. The molecular weight excluding hydrogens is 188 g/mol. The lowest BCUT2D eigenvalue weighted by atomic mass is 10.1. The van der Waals surface area contributed by atoms with Crippen LogP contribution in [-0.2, 0) is 9.53 Å². The van der Waals surface area contributed by atoms with Gasteiger partial charge in [0.05, 0.1) is 7.11 Å². The van der Waals surface area contributed by atoms with Gasteiger partial charge in [-0.25, -0.2) is 0 Å². The van der Waals surface area contributed by atoms with Crippen LogP contribution in [0.3, 0.4) is 0 Å². The quantitative estimate of drug-likeness (QED) is 0.330. The molecule has 0 bridgehead atoms. The molecule has 0 aromatic heterocycles. The molecule has 0 fully saturated rings. The highest BCUT2D eigenvalue weighted by atomic mass is 16.5. The Bertz CT molecular complexity index is 195. The summed E-state index contributed by atoms with van der Waals surface area (Å²) in [7, 11) is 1.44. The third kappa shape index (κ3) is 10.9. The zero-order chi connectivity index (χ0) is 11.4. The van der Waals surface area contributed by atoms with E-state index in [0.29, 0.717) is 6.42 Å². The lowest BCUT2D eigenvalue weighted by molar-refractivity contribution is -0.140. The summed E-state index contributed by atoms with van der Waals surface area (Å²) in [5.74, 6) is -0.0964. The Labute approximate surface area is 93.0 Å². The highest BCUT2D eigenvalue weighted by Crippen LogP contribution is 2.06. The van der Waals surface area contributed by atoms with E-state index in [1.807, 2.05) is 6.08 Å². The van der Waals surface area contributed by atoms with Crippen molar-refractivity contribution >= 4 is 5.97 Å². The van der Waals surface area contributed by atoms with Crippen molar-refractivity contribution in [3.8, 4) is 0 Å². The summed E-state index contributed by atoms with van der Waals surface area (Å²) in [5.41, 5.74) is 0. The van der Waals surface area contributed by atoms with Crippen LogP contribution in [-0.4, -0.2) is 13.1 Å². The van der Waals surface area contributed by atoms with Crippen LogP contribution in [0, 0.1) is 0 Å². The summed E-state index contributed by atoms with van der Waals surface area (Å²) >= 11 is 0. The fourth-order valence-electron chi connectivity index (χ4n) is 1.30. The molecule has 0 saturated heterocycles. The summed E-state index contributed by atoms with van der Waals surface area (Å²) in [5, 5.41) is 0. The lowest BCUT2D eigenvalue weighted by Crippen LogP contribution is -1.98. The molecule has 0 unspecified atom stereocenters. The largest absolute Gasteiger partial charge is 0.469 e. The summed E-state index contributed by atoms with van der Waals surface area (Å²) in [6.45, 7) is 3.65. The lowest BCUT2D eigenvalue weighted by Gasteiger charge is -1.99. The number of methoxy groups -OCH3 is 1. The van der Waals surface area contributed by atoms with Crippen molar-refractivity contribution in [1.82, 2.24) is 0 Å². The standard InChI is InChI=1S/C13H22O2/c1-3-4-5-6-7-8-9-10-11-12-13(14)15-2/h3,5-6H,1,4,7-12H2,2H3/b6-5+. The summed E-state index contributed by atoms with van der Waals surface area (Å²) < 4.78 is 4.56. The molecule has 2 heteroatoms. The van der Waals surface area contributed by atoms with Crippen molar-refractivity contribution in [1.29, 1.82) is 0 Å². The van der Waals surface area contributed by atoms with Gasteiger partial charge >= 0.3 is 5.97 Å². The van der Waals surface area contributed by atoms with E-state index in [4.69, 9.17) is 0 Å². The fourth-order valence-corrected chi connectivity index (χ4v) is 1.30. The molecule has 0 aliphatic rings. The SMILES string of the molecule is C=CC/C=C/CCCCCCC(=O)OC. The molecule has 0 N–H and O–H groups in total. The molecule has 0 radical (unpaired) electrons. The van der Waals surface area contributed by atoms with Gasteiger partial charge in [0.25, 0.3) is 0 Å². The highest BCUT2D eigenvalue weighted by molar-refractivity contribution is 5.68. The van der Waals surface area contributed by atoms with Crippen molar-refractivity contribution in [2.75, 3.05) is 7.11 Å². The molecule has 0 aromatic carbocycles. The van der Waals surface area contributed by atoms with Crippen LogP contribution in [0.4, 0.5) is 0 Å². The first-order chi connectivity index (χ1) is 7.31. The van der Waals surface area contributed by atoms with Crippen LogP contribution >= 0.6 is 0 Å². The van der Waals surface area contributed by atoms with Gasteiger partial charge in [-0.2, -0.15) is 0 Å². The van der Waals surface area contributed by atoms with E-state index in [2.05, 4.69) is 23.5 Å². The Hall–Kier alpha value is -1.05. The first kappa shape index (κ1) is 13.9. The Balaban J connectivity index is 3.11. The van der Waals surface area contributed by atoms with Crippen molar-refractivity contribution in [2.45, 2.75) is 44.9 Å². The van der Waals surface area contributed by atoms with Crippen molar-refractivity contribution in [3.05, 3.63) is 24.8 Å². The Morgan fingerprint density at radius 2 is 1.93 bits per heavy atom. The average molecular weight is 210 g/mol. The van der Waals surface area contributed by atoms with E-state index in [1.165, 1.54) is 20.0 Å². The minimum Gasteiger partial charge on any atom is -0.469 e. The van der Waals surface area contributed by atoms with Gasteiger partial charge in [-0.05, 0) is 25.7 Å². The first-order valence-electron chi connectivity index (χ1n) is 5.64. The van der Waals surface area contributed by atoms with Gasteiger partial charge < -0.3 is 4.74 Å². The minimum absolute atomic E-state index is 0.0964. The van der Waals surface area contributed by atoms with Crippen LogP contribution in [0.15, 0.2) is 24.8 Å². The number of carbonyl (C=O) groups excluding carboxylic acids is 1. The van der Waals surface area contributed by atoms with Crippen molar-refractivity contribution in [2.24, 2.45) is 0 Å². The van der Waals surface area contributed by atoms with E-state index < -0.39 is 0 Å². The minimum atomic E-state index is -0.0964. The summed E-state index contributed by atoms with van der Waals surface area (Å²) in [4.78, 5) is 10.8. The van der Waals surface area contributed by atoms with Crippen LogP contribution in [0.2, 0.25) is 0 Å². The predicted molar refractivity (Wildman–Crippen MR) is 63.7 cm³/mol. The van der Waals surface area contributed by atoms with Crippen molar-refractivity contribution in [3.63, 3.8) is 0 Å². The summed E-state index contributed by atoms with van der Waals surface area (Å²) in [6.07, 6.45) is 13.3. The molecule has 0 rings (SSSR count). The Kier molecular flexibility index (Phi) is 10.3. The molecular formula is C13H22O2. The number of ether oxygens (including phenoxy) is 1. The van der Waals surface area contributed by atoms with E-state index in [0.717, 1.165) is 25.7 Å². The Morgan fingerprint density at radius 1 is 1.20 bits per heavy atom. The second kappa shape index (κ2) is 11.0. The molecule has 0 aliphatic carbocycles. The molecule has 0 spiro atoms. The second-order valence-electron chi connectivity index (χ2n) is 3.52. The van der Waals surface area contributed by atoms with Crippen LogP contribution in [0.5, 0.6) is 0 Å². The Morgan fingerprint density at radius 3 is 2.60 bits per heavy atom. The maximum Gasteiger partial charge on any atom is 0.305 e. The zero-order valence-corrected chi connectivity index (χ0v) is 9.71. The molecule has 0 saturated carbocycles. The number of carbonyl (C=O) groups is 1. The van der Waals surface area contributed by atoms with E-state index in [1.54, 1.807) is 0 Å². The van der Waals surface area contributed by atoms with Crippen molar-refractivity contribution < 1.29 is 9.53 Å². The first-order valence-corrected chi connectivity index (χ1v) is 5.64. The number of rotatable bonds is 9. The van der Waals surface area contributed by atoms with Gasteiger partial charge in [0.1, 0.15) is 0 Å². The molecule has 86 valence electrons. The van der Waals surface area contributed by atoms with Crippen LogP contribution < -0.4 is 0 Å². The predicted octanol–water partition coefficient (Wildman–Crippen LogP) is 3.63. The smallest absolute Gasteiger partial charge is 0.305 e. The topological polar surface area (TPSA) is 26.3 Å². The molecule has 0 heterocycles. The van der Waals surface area contributed by atoms with Gasteiger partial charge in [0, 0.05) is 6.42 Å². The monoisotopic (exact) mass is 210 g/mol. The van der Waals surface area contributed by atoms with Gasteiger partial charge in [0.2, 0.25) is 0 Å². The van der Waals surface area contributed by atoms with Gasteiger partial charge in [0.15, 0.2) is 0 Å². The zero-order valence-electron chi connectivity index (χ0n) is 9.71. The third-order valence-corrected chi connectivity index (χ3v) is 2.20. The third-order valence-electron chi connectivity index (χ3n) is 2.20. The normalized spacial score (nSPS) is 10.5. The maximum absolute atomic E-state index is 10.8. The molecule has 0 amide bonds. The molecule has 0 aliphatic heterocycles. The molecule has 15 heavy (non-hydrogen) atoms. The van der Waals surface area contributed by atoms with Gasteiger partial charge in [-0.1, -0.05) is 31.1 Å². The van der Waals surface area contributed by atoms with Crippen LogP contribution in [0.25, 0.3) is 0 Å².